The number of nitrogens with one attached hydrogen (secondary N) is 1. The summed E-state index contributed by atoms with van der Waals surface area (Å²) in [5.74, 6) is -0.433. The molecule has 6 heteroatoms. The van der Waals surface area contributed by atoms with Gasteiger partial charge in [0.15, 0.2) is 5.58 Å². The summed E-state index contributed by atoms with van der Waals surface area (Å²) in [4.78, 5) is 23.2. The molecule has 0 unspecified atom stereocenters. The zero-order valence-electron chi connectivity index (χ0n) is 11.8. The Kier molecular flexibility index (Phi) is 3.83. The standard InChI is InChI=1S/C14H18N2O4/c1-14(2,3)20-12(17)15-8-9-16-10-6-4-5-7-11(10)19-13(16)18/h4-7H,8-9H2,1-3H3,(H,15,17). The molecular formula is C14H18N2O4. The highest BCUT2D eigenvalue weighted by Gasteiger charge is 2.16. The van der Waals surface area contributed by atoms with Gasteiger partial charge in [-0.3, -0.25) is 4.57 Å². The van der Waals surface area contributed by atoms with E-state index < -0.39 is 17.5 Å². The fourth-order valence-electron chi connectivity index (χ4n) is 1.81. The molecule has 0 saturated carbocycles. The number of benzene rings is 1. The minimum absolute atomic E-state index is 0.290. The molecule has 0 atom stereocenters. The van der Waals surface area contributed by atoms with Crippen LogP contribution in [-0.4, -0.2) is 22.8 Å². The van der Waals surface area contributed by atoms with Crippen molar-refractivity contribution in [3.05, 3.63) is 34.8 Å². The van der Waals surface area contributed by atoms with Crippen molar-refractivity contribution in [1.82, 2.24) is 9.88 Å². The molecule has 1 N–H and O–H groups in total. The number of para-hydroxylation sites is 2. The van der Waals surface area contributed by atoms with Gasteiger partial charge >= 0.3 is 11.8 Å². The summed E-state index contributed by atoms with van der Waals surface area (Å²) < 4.78 is 11.7. The molecule has 1 heterocycles. The van der Waals surface area contributed by atoms with E-state index in [-0.39, 0.29) is 0 Å². The molecule has 0 saturated heterocycles. The Balaban J connectivity index is 1.98. The largest absolute Gasteiger partial charge is 0.444 e. The van der Waals surface area contributed by atoms with Gasteiger partial charge in [-0.2, -0.15) is 0 Å². The Hall–Kier alpha value is -2.24. The molecule has 0 bridgehead atoms. The topological polar surface area (TPSA) is 73.5 Å². The van der Waals surface area contributed by atoms with Crippen LogP contribution in [-0.2, 0) is 11.3 Å². The second-order valence-corrected chi connectivity index (χ2v) is 5.42. The van der Waals surface area contributed by atoms with Crippen molar-refractivity contribution in [2.45, 2.75) is 32.9 Å². The van der Waals surface area contributed by atoms with Crippen molar-refractivity contribution in [2.75, 3.05) is 6.54 Å². The van der Waals surface area contributed by atoms with Crippen molar-refractivity contribution < 1.29 is 13.9 Å². The third-order valence-electron chi connectivity index (χ3n) is 2.58. The fourth-order valence-corrected chi connectivity index (χ4v) is 1.81. The van der Waals surface area contributed by atoms with Gasteiger partial charge < -0.3 is 14.5 Å². The summed E-state index contributed by atoms with van der Waals surface area (Å²) in [5.41, 5.74) is 0.710. The van der Waals surface area contributed by atoms with Crippen molar-refractivity contribution in [1.29, 1.82) is 0 Å². The highest BCUT2D eigenvalue weighted by Crippen LogP contribution is 2.11. The third kappa shape index (κ3) is 3.40. The molecule has 0 radical (unpaired) electrons. The number of carbonyl (C=O) groups is 1. The number of aromatic nitrogens is 1. The number of nitrogens with zero attached hydrogens (tertiary/aromatic N) is 1. The Bertz CT molecular complexity index is 664. The Morgan fingerprint density at radius 2 is 2.05 bits per heavy atom. The average molecular weight is 278 g/mol. The van der Waals surface area contributed by atoms with Crippen molar-refractivity contribution >= 4 is 17.2 Å². The first-order valence-electron chi connectivity index (χ1n) is 6.42. The number of fused-ring (bicyclic) bond motifs is 1. The smallest absolute Gasteiger partial charge is 0.420 e. The Morgan fingerprint density at radius 3 is 2.75 bits per heavy atom. The van der Waals surface area contributed by atoms with Crippen LogP contribution < -0.4 is 11.1 Å². The predicted octanol–water partition coefficient (Wildman–Crippen LogP) is 2.12. The molecule has 0 aliphatic rings. The van der Waals surface area contributed by atoms with Gasteiger partial charge in [-0.05, 0) is 32.9 Å². The average Bonchev–Trinajstić information content (AvgIpc) is 2.64. The molecule has 1 amide bonds. The lowest BCUT2D eigenvalue weighted by molar-refractivity contribution is 0.0526. The van der Waals surface area contributed by atoms with E-state index in [0.29, 0.717) is 24.2 Å². The number of amides is 1. The summed E-state index contributed by atoms with van der Waals surface area (Å²) in [7, 11) is 0. The van der Waals surface area contributed by atoms with Gasteiger partial charge in [0.1, 0.15) is 5.60 Å². The van der Waals surface area contributed by atoms with Crippen LogP contribution in [0.5, 0.6) is 0 Å². The van der Waals surface area contributed by atoms with Crippen molar-refractivity contribution in [3.63, 3.8) is 0 Å². The minimum Gasteiger partial charge on any atom is -0.444 e. The first-order chi connectivity index (χ1) is 9.37. The third-order valence-corrected chi connectivity index (χ3v) is 2.58. The number of hydrogen-bond acceptors (Lipinski definition) is 4. The maximum absolute atomic E-state index is 11.7. The molecule has 1 aromatic heterocycles. The summed E-state index contributed by atoms with van der Waals surface area (Å²) in [5, 5.41) is 2.61. The monoisotopic (exact) mass is 278 g/mol. The maximum Gasteiger partial charge on any atom is 0.420 e. The first kappa shape index (κ1) is 14.2. The lowest BCUT2D eigenvalue weighted by Crippen LogP contribution is -2.35. The molecule has 20 heavy (non-hydrogen) atoms. The van der Waals surface area contributed by atoms with E-state index in [2.05, 4.69) is 5.32 Å². The highest BCUT2D eigenvalue weighted by molar-refractivity contribution is 5.72. The molecule has 0 fully saturated rings. The van der Waals surface area contributed by atoms with Crippen LogP contribution in [0.2, 0.25) is 0 Å². The predicted molar refractivity (Wildman–Crippen MR) is 74.7 cm³/mol. The molecule has 0 spiro atoms. The van der Waals surface area contributed by atoms with Crippen LogP contribution in [0.4, 0.5) is 4.79 Å². The van der Waals surface area contributed by atoms with Gasteiger partial charge in [0.2, 0.25) is 0 Å². The molecule has 1 aromatic carbocycles. The molecule has 0 aliphatic carbocycles. The van der Waals surface area contributed by atoms with E-state index in [9.17, 15) is 9.59 Å². The summed E-state index contributed by atoms with van der Waals surface area (Å²) >= 11 is 0. The van der Waals surface area contributed by atoms with Crippen LogP contribution in [0.1, 0.15) is 20.8 Å². The second-order valence-electron chi connectivity index (χ2n) is 5.42. The zero-order valence-corrected chi connectivity index (χ0v) is 11.8. The van der Waals surface area contributed by atoms with Crippen LogP contribution in [0.25, 0.3) is 11.1 Å². The molecule has 0 aliphatic heterocycles. The van der Waals surface area contributed by atoms with E-state index >= 15 is 0 Å². The normalized spacial score (nSPS) is 11.6. The lowest BCUT2D eigenvalue weighted by Gasteiger charge is -2.19. The SMILES string of the molecule is CC(C)(C)OC(=O)NCCn1c(=O)oc2ccccc21. The van der Waals surface area contributed by atoms with E-state index in [1.165, 1.54) is 4.57 Å². The van der Waals surface area contributed by atoms with Crippen molar-refractivity contribution in [3.8, 4) is 0 Å². The molecule has 108 valence electrons. The van der Waals surface area contributed by atoms with E-state index in [1.54, 1.807) is 39.0 Å². The molecular weight excluding hydrogens is 260 g/mol. The van der Waals surface area contributed by atoms with Crippen LogP contribution >= 0.6 is 0 Å². The number of ether oxygens (including phenoxy) is 1. The van der Waals surface area contributed by atoms with E-state index in [4.69, 9.17) is 9.15 Å². The highest BCUT2D eigenvalue weighted by atomic mass is 16.6. The number of rotatable bonds is 3. The Labute approximate surface area is 116 Å². The molecule has 2 rings (SSSR count). The summed E-state index contributed by atoms with van der Waals surface area (Å²) in [6.45, 7) is 6.00. The fraction of sp³-hybridized carbons (Fsp3) is 0.429. The summed E-state index contributed by atoms with van der Waals surface area (Å²) in [6, 6.07) is 7.16. The number of hydrogen-bond donors (Lipinski definition) is 1. The summed E-state index contributed by atoms with van der Waals surface area (Å²) in [6.07, 6.45) is -0.502. The van der Waals surface area contributed by atoms with Gasteiger partial charge in [-0.25, -0.2) is 9.59 Å². The minimum atomic E-state index is -0.538. The first-order valence-corrected chi connectivity index (χ1v) is 6.42. The van der Waals surface area contributed by atoms with E-state index in [1.807, 2.05) is 6.07 Å². The van der Waals surface area contributed by atoms with Gasteiger partial charge in [-0.15, -0.1) is 0 Å². The quantitative estimate of drug-likeness (QED) is 0.933. The second kappa shape index (κ2) is 5.40. The van der Waals surface area contributed by atoms with E-state index in [0.717, 1.165) is 0 Å². The molecule has 2 aromatic rings. The van der Waals surface area contributed by atoms with Crippen LogP contribution in [0.15, 0.2) is 33.5 Å². The van der Waals surface area contributed by atoms with Gasteiger partial charge in [0, 0.05) is 13.1 Å². The Morgan fingerprint density at radius 1 is 1.35 bits per heavy atom. The lowest BCUT2D eigenvalue weighted by atomic mass is 10.2. The maximum atomic E-state index is 11.7. The molecule has 6 nitrogen and oxygen atoms in total. The van der Waals surface area contributed by atoms with Gasteiger partial charge in [0.25, 0.3) is 0 Å². The van der Waals surface area contributed by atoms with Gasteiger partial charge in [-0.1, -0.05) is 12.1 Å². The number of carbonyl (C=O) groups excluding carboxylic acids is 1. The number of oxazole rings is 1. The van der Waals surface area contributed by atoms with Crippen LogP contribution in [0.3, 0.4) is 0 Å². The van der Waals surface area contributed by atoms with Crippen molar-refractivity contribution in [2.24, 2.45) is 0 Å². The number of alkyl carbamates (subject to hydrolysis) is 1. The zero-order chi connectivity index (χ0) is 14.8. The van der Waals surface area contributed by atoms with Gasteiger partial charge in [0.05, 0.1) is 5.52 Å². The van der Waals surface area contributed by atoms with Crippen LogP contribution in [0, 0.1) is 0 Å².